The van der Waals surface area contributed by atoms with Crippen molar-refractivity contribution in [2.24, 2.45) is 0 Å². The minimum Gasteiger partial charge on any atom is -0.481 e. The average molecular weight is 703 g/mol. The van der Waals surface area contributed by atoms with Crippen LogP contribution in [-0.2, 0) is 41.6 Å². The fraction of sp³-hybridized carbons (Fsp3) is 0.429. The van der Waals surface area contributed by atoms with Gasteiger partial charge in [0.1, 0.15) is 5.60 Å². The fourth-order valence-corrected chi connectivity index (χ4v) is 6.56. The molecule has 0 aliphatic carbocycles. The third-order valence-electron chi connectivity index (χ3n) is 8.14. The number of methoxy groups -OCH3 is 2. The first-order chi connectivity index (χ1) is 22.7. The first-order valence-corrected chi connectivity index (χ1v) is 16.3. The minimum absolute atomic E-state index is 0.0640. The number of esters is 2. The van der Waals surface area contributed by atoms with E-state index in [4.69, 9.17) is 37.4 Å². The van der Waals surface area contributed by atoms with Crippen LogP contribution in [0.5, 0.6) is 0 Å². The summed E-state index contributed by atoms with van der Waals surface area (Å²) in [6.45, 7) is 8.62. The van der Waals surface area contributed by atoms with Crippen LogP contribution in [0.4, 0.5) is 4.79 Å². The summed E-state index contributed by atoms with van der Waals surface area (Å²) >= 11 is 13.3. The zero-order chi connectivity index (χ0) is 35.2. The molecule has 11 nitrogen and oxygen atoms in total. The van der Waals surface area contributed by atoms with Crippen molar-refractivity contribution in [2.75, 3.05) is 40.4 Å². The number of dihydropyridines is 1. The van der Waals surface area contributed by atoms with E-state index in [9.17, 15) is 24.3 Å². The summed E-state index contributed by atoms with van der Waals surface area (Å²) in [5.74, 6) is -3.92. The van der Waals surface area contributed by atoms with Gasteiger partial charge >= 0.3 is 24.0 Å². The second-order valence-corrected chi connectivity index (χ2v) is 13.4. The molecule has 2 aliphatic rings. The summed E-state index contributed by atoms with van der Waals surface area (Å²) in [7, 11) is 2.40. The maximum atomic E-state index is 13.5. The number of aliphatic carboxylic acids is 1. The summed E-state index contributed by atoms with van der Waals surface area (Å²) in [6.07, 6.45) is -0.134. The van der Waals surface area contributed by atoms with Crippen LogP contribution in [0.2, 0.25) is 10.0 Å². The van der Waals surface area contributed by atoms with Crippen molar-refractivity contribution in [1.82, 2.24) is 15.1 Å². The highest BCUT2D eigenvalue weighted by molar-refractivity contribution is 6.36. The largest absolute Gasteiger partial charge is 0.481 e. The van der Waals surface area contributed by atoms with Crippen LogP contribution in [0.15, 0.2) is 65.0 Å². The van der Waals surface area contributed by atoms with E-state index in [1.54, 1.807) is 23.1 Å². The molecule has 1 fully saturated rings. The van der Waals surface area contributed by atoms with E-state index in [-0.39, 0.29) is 45.0 Å². The molecule has 1 amide bonds. The number of halogens is 2. The Labute approximate surface area is 290 Å². The summed E-state index contributed by atoms with van der Waals surface area (Å²) in [5, 5.41) is 13.2. The van der Waals surface area contributed by atoms with Crippen molar-refractivity contribution in [1.29, 1.82) is 0 Å². The molecule has 0 bridgehead atoms. The lowest BCUT2D eigenvalue weighted by molar-refractivity contribution is -0.137. The molecular formula is C35H41Cl2N3O8. The first kappa shape index (κ1) is 36.8. The maximum absolute atomic E-state index is 13.5. The van der Waals surface area contributed by atoms with Crippen molar-refractivity contribution >= 4 is 47.2 Å². The smallest absolute Gasteiger partial charge is 0.410 e. The number of carboxylic acid groups (broad SMARTS) is 1. The lowest BCUT2D eigenvalue weighted by atomic mass is 9.78. The predicted molar refractivity (Wildman–Crippen MR) is 181 cm³/mol. The number of nitrogens with one attached hydrogen (secondary N) is 1. The van der Waals surface area contributed by atoms with Crippen molar-refractivity contribution < 1.29 is 38.5 Å². The molecule has 0 spiro atoms. The van der Waals surface area contributed by atoms with Crippen LogP contribution in [0, 0.1) is 0 Å². The number of aryl methyl sites for hydroxylation is 1. The van der Waals surface area contributed by atoms with E-state index >= 15 is 0 Å². The van der Waals surface area contributed by atoms with Crippen LogP contribution < -0.4 is 5.32 Å². The number of hydrogen-bond acceptors (Lipinski definition) is 9. The number of allylic oxidation sites excluding steroid dienone is 1. The van der Waals surface area contributed by atoms with Crippen LogP contribution >= 0.6 is 23.2 Å². The lowest BCUT2D eigenvalue weighted by Crippen LogP contribution is -2.49. The van der Waals surface area contributed by atoms with Gasteiger partial charge in [0.15, 0.2) is 0 Å². The number of ether oxygens (including phenoxy) is 3. The number of piperazine rings is 1. The van der Waals surface area contributed by atoms with Gasteiger partial charge in [0.25, 0.3) is 0 Å². The molecule has 13 heteroatoms. The molecule has 2 heterocycles. The number of carboxylic acids is 1. The van der Waals surface area contributed by atoms with Gasteiger partial charge in [-0.2, -0.15) is 0 Å². The average Bonchev–Trinajstić information content (AvgIpc) is 3.02. The minimum atomic E-state index is -1.19. The van der Waals surface area contributed by atoms with Gasteiger partial charge in [-0.15, -0.1) is 0 Å². The topological polar surface area (TPSA) is 135 Å². The standard InChI is InChI=1S/C35H41Cl2N3O8/c1-35(2,3)48-34(45)40-17-15-39(16-18-40)20-22-10-7-6-9-21(22)13-14-25-29(32(43)46-4)31(28-23(36)11-8-12-24(28)37)30(33(44)47-5)26(38-25)19-27(41)42/h6-12,31,38H,13-20H2,1-5H3,(H,41,42). The molecular weight excluding hydrogens is 661 g/mol. The number of carbonyl (C=O) groups excluding carboxylic acids is 3. The quantitative estimate of drug-likeness (QED) is 0.235. The van der Waals surface area contributed by atoms with Gasteiger partial charge in [-0.1, -0.05) is 53.5 Å². The van der Waals surface area contributed by atoms with Crippen LogP contribution in [-0.4, -0.2) is 84.9 Å². The third kappa shape index (κ3) is 8.89. The van der Waals surface area contributed by atoms with Crippen molar-refractivity contribution in [3.8, 4) is 0 Å². The summed E-state index contributed by atoms with van der Waals surface area (Å²) in [4.78, 5) is 55.3. The van der Waals surface area contributed by atoms with Crippen molar-refractivity contribution in [3.63, 3.8) is 0 Å². The molecule has 258 valence electrons. The second-order valence-electron chi connectivity index (χ2n) is 12.5. The number of nitrogens with zero attached hydrogens (tertiary/aromatic N) is 2. The zero-order valence-electron chi connectivity index (χ0n) is 27.7. The van der Waals surface area contributed by atoms with E-state index in [1.807, 2.05) is 45.0 Å². The second kappa shape index (κ2) is 15.9. The summed E-state index contributed by atoms with van der Waals surface area (Å²) in [5.41, 5.74) is 2.22. The Balaban J connectivity index is 1.65. The Morgan fingerprint density at radius 2 is 1.40 bits per heavy atom. The van der Waals surface area contributed by atoms with Gasteiger partial charge in [-0.05, 0) is 56.9 Å². The molecule has 4 rings (SSSR count). The Kier molecular flexibility index (Phi) is 12.2. The van der Waals surface area contributed by atoms with Crippen molar-refractivity contribution in [3.05, 3.63) is 91.7 Å². The van der Waals surface area contributed by atoms with Gasteiger partial charge in [0, 0.05) is 59.7 Å². The third-order valence-corrected chi connectivity index (χ3v) is 8.80. The van der Waals surface area contributed by atoms with E-state index in [0.717, 1.165) is 11.1 Å². The van der Waals surface area contributed by atoms with Crippen molar-refractivity contribution in [2.45, 2.75) is 58.1 Å². The SMILES string of the molecule is COC(=O)C1=C(CCc2ccccc2CN2CCN(C(=O)OC(C)(C)C)CC2)NC(CC(=O)O)=C(C(=O)OC)C1c1c(Cl)cccc1Cl. The van der Waals surface area contributed by atoms with E-state index in [1.165, 1.54) is 14.2 Å². The first-order valence-electron chi connectivity index (χ1n) is 15.6. The van der Waals surface area contributed by atoms with E-state index < -0.39 is 35.8 Å². The highest BCUT2D eigenvalue weighted by Crippen LogP contribution is 2.46. The fourth-order valence-electron chi connectivity index (χ4n) is 5.95. The molecule has 1 saturated heterocycles. The molecule has 2 N–H and O–H groups in total. The number of amides is 1. The van der Waals surface area contributed by atoms with Gasteiger partial charge in [-0.3, -0.25) is 9.69 Å². The number of benzene rings is 2. The van der Waals surface area contributed by atoms with Crippen LogP contribution in [0.25, 0.3) is 0 Å². The number of carbonyl (C=O) groups is 4. The molecule has 2 aliphatic heterocycles. The van der Waals surface area contributed by atoms with E-state index in [2.05, 4.69) is 10.2 Å². The molecule has 0 radical (unpaired) electrons. The Bertz CT molecular complexity index is 1600. The molecule has 48 heavy (non-hydrogen) atoms. The Morgan fingerprint density at radius 3 is 1.94 bits per heavy atom. The van der Waals surface area contributed by atoms with Gasteiger partial charge in [-0.25, -0.2) is 14.4 Å². The van der Waals surface area contributed by atoms with Gasteiger partial charge < -0.3 is 29.5 Å². The Hall–Kier alpha value is -4.06. The molecule has 1 unspecified atom stereocenters. The molecule has 0 saturated carbocycles. The maximum Gasteiger partial charge on any atom is 0.410 e. The van der Waals surface area contributed by atoms with Crippen LogP contribution in [0.3, 0.4) is 0 Å². The van der Waals surface area contributed by atoms with Gasteiger partial charge in [0.05, 0.1) is 37.7 Å². The highest BCUT2D eigenvalue weighted by atomic mass is 35.5. The molecule has 2 aromatic rings. The zero-order valence-corrected chi connectivity index (χ0v) is 29.2. The predicted octanol–water partition coefficient (Wildman–Crippen LogP) is 5.69. The van der Waals surface area contributed by atoms with Crippen LogP contribution in [0.1, 0.15) is 56.2 Å². The lowest BCUT2D eigenvalue weighted by Gasteiger charge is -2.36. The van der Waals surface area contributed by atoms with Gasteiger partial charge in [0.2, 0.25) is 0 Å². The number of rotatable bonds is 10. The molecule has 0 aromatic heterocycles. The summed E-state index contributed by atoms with van der Waals surface area (Å²) < 4.78 is 15.8. The monoisotopic (exact) mass is 701 g/mol. The normalized spacial score (nSPS) is 17.1. The summed E-state index contributed by atoms with van der Waals surface area (Å²) in [6, 6.07) is 12.7. The van der Waals surface area contributed by atoms with E-state index in [0.29, 0.717) is 44.8 Å². The Morgan fingerprint density at radius 1 is 0.833 bits per heavy atom. The molecule has 1 atom stereocenters. The molecule has 2 aromatic carbocycles. The number of hydrogen-bond donors (Lipinski definition) is 2. The highest BCUT2D eigenvalue weighted by Gasteiger charge is 2.41.